The molecule has 216 valence electrons. The molecule has 1 aliphatic rings. The molecule has 0 unspecified atom stereocenters. The van der Waals surface area contributed by atoms with Gasteiger partial charge in [0, 0.05) is 16.4 Å². The average molecular weight is 607 g/mol. The van der Waals surface area contributed by atoms with Crippen LogP contribution in [0.25, 0.3) is 0 Å². The summed E-state index contributed by atoms with van der Waals surface area (Å²) < 4.78 is 15.9. The maximum atomic E-state index is 13.6. The van der Waals surface area contributed by atoms with Crippen LogP contribution in [-0.2, 0) is 14.3 Å². The molecule has 2 heterocycles. The molecule has 42 heavy (non-hydrogen) atoms. The molecule has 0 aliphatic carbocycles. The van der Waals surface area contributed by atoms with E-state index in [4.69, 9.17) is 25.5 Å². The van der Waals surface area contributed by atoms with Crippen LogP contribution in [0.3, 0.4) is 0 Å². The van der Waals surface area contributed by atoms with Gasteiger partial charge in [-0.3, -0.25) is 9.59 Å². The molecule has 0 spiro atoms. The van der Waals surface area contributed by atoms with Crippen molar-refractivity contribution in [2.45, 2.75) is 19.8 Å². The Labute approximate surface area is 251 Å². The van der Waals surface area contributed by atoms with Gasteiger partial charge in [-0.25, -0.2) is 4.79 Å². The maximum Gasteiger partial charge on any atom is 0.338 e. The van der Waals surface area contributed by atoms with Crippen molar-refractivity contribution in [1.29, 1.82) is 5.26 Å². The molecule has 1 atom stereocenters. The number of nitrogens with zero attached hydrogens (tertiary/aromatic N) is 1. The van der Waals surface area contributed by atoms with Crippen LogP contribution < -0.4 is 20.7 Å². The molecule has 2 aromatic carbocycles. The molecule has 10 nitrogen and oxygen atoms in total. The Hall–Kier alpha value is -4.66. The first kappa shape index (κ1) is 30.3. The number of rotatable bonds is 10. The predicted octanol–water partition coefficient (Wildman–Crippen LogP) is 5.82. The van der Waals surface area contributed by atoms with Crippen LogP contribution in [0.15, 0.2) is 87.1 Å². The van der Waals surface area contributed by atoms with Crippen molar-refractivity contribution in [2.75, 3.05) is 30.1 Å². The fourth-order valence-electron chi connectivity index (χ4n) is 4.27. The molecule has 4 rings (SSSR count). The number of hydrogen-bond donors (Lipinski definition) is 3. The summed E-state index contributed by atoms with van der Waals surface area (Å²) in [6, 6.07) is 16.7. The lowest BCUT2D eigenvalue weighted by molar-refractivity contribution is -0.114. The summed E-state index contributed by atoms with van der Waals surface area (Å²) in [5.41, 5.74) is 2.19. The number of anilines is 2. The third-order valence-electron chi connectivity index (χ3n) is 6.16. The van der Waals surface area contributed by atoms with Crippen LogP contribution in [0.5, 0.6) is 5.75 Å². The van der Waals surface area contributed by atoms with E-state index in [2.05, 4.69) is 22.0 Å². The number of thioether (sulfide) groups is 1. The minimum absolute atomic E-state index is 0.0460. The normalized spacial score (nSPS) is 14.5. The van der Waals surface area contributed by atoms with Gasteiger partial charge in [-0.1, -0.05) is 23.4 Å². The second-order valence-electron chi connectivity index (χ2n) is 8.90. The van der Waals surface area contributed by atoms with Gasteiger partial charge >= 0.3 is 5.97 Å². The molecule has 3 N–H and O–H groups in total. The second kappa shape index (κ2) is 13.8. The number of carbonyl (C=O) groups excluding carboxylic acids is 3. The molecule has 12 heteroatoms. The van der Waals surface area contributed by atoms with Crippen molar-refractivity contribution in [3.63, 3.8) is 0 Å². The number of carbonyl (C=O) groups is 3. The lowest BCUT2D eigenvalue weighted by atomic mass is 9.85. The number of dihydropyridines is 1. The Kier molecular flexibility index (Phi) is 9.96. The lowest BCUT2D eigenvalue weighted by Crippen LogP contribution is -2.31. The van der Waals surface area contributed by atoms with Crippen molar-refractivity contribution >= 4 is 52.5 Å². The molecule has 0 radical (unpaired) electrons. The first-order valence-electron chi connectivity index (χ1n) is 12.8. The highest BCUT2D eigenvalue weighted by atomic mass is 35.5. The van der Waals surface area contributed by atoms with Crippen LogP contribution in [0.4, 0.5) is 11.4 Å². The number of hydrogen-bond acceptors (Lipinski definition) is 9. The van der Waals surface area contributed by atoms with E-state index in [1.54, 1.807) is 68.4 Å². The van der Waals surface area contributed by atoms with E-state index in [-0.39, 0.29) is 29.4 Å². The first-order chi connectivity index (χ1) is 20.2. The number of furan rings is 1. The number of benzene rings is 2. The molecule has 3 aromatic rings. The summed E-state index contributed by atoms with van der Waals surface area (Å²) in [5.74, 6) is -1.31. The highest BCUT2D eigenvalue weighted by molar-refractivity contribution is 8.03. The van der Waals surface area contributed by atoms with Crippen molar-refractivity contribution in [2.24, 2.45) is 0 Å². The Morgan fingerprint density at radius 2 is 1.90 bits per heavy atom. The van der Waals surface area contributed by atoms with Gasteiger partial charge in [-0.2, -0.15) is 5.26 Å². The Balaban J connectivity index is 1.55. The molecule has 2 amide bonds. The van der Waals surface area contributed by atoms with E-state index in [0.29, 0.717) is 44.2 Å². The van der Waals surface area contributed by atoms with Crippen molar-refractivity contribution in [1.82, 2.24) is 5.32 Å². The van der Waals surface area contributed by atoms with E-state index < -0.39 is 17.8 Å². The van der Waals surface area contributed by atoms with Crippen LogP contribution in [0.1, 0.15) is 35.9 Å². The molecule has 0 saturated heterocycles. The summed E-state index contributed by atoms with van der Waals surface area (Å²) >= 11 is 7.18. The third kappa shape index (κ3) is 6.97. The minimum atomic E-state index is -0.830. The van der Waals surface area contributed by atoms with Gasteiger partial charge in [0.25, 0.3) is 5.91 Å². The number of nitrogens with one attached hydrogen (secondary N) is 3. The molecule has 1 aromatic heterocycles. The summed E-state index contributed by atoms with van der Waals surface area (Å²) in [5, 5.41) is 19.8. The van der Waals surface area contributed by atoms with E-state index in [9.17, 15) is 19.6 Å². The number of esters is 1. The topological polar surface area (TPSA) is 143 Å². The number of nitriles is 1. The predicted molar refractivity (Wildman–Crippen MR) is 160 cm³/mol. The quantitative estimate of drug-likeness (QED) is 0.243. The van der Waals surface area contributed by atoms with Gasteiger partial charge in [0.15, 0.2) is 0 Å². The highest BCUT2D eigenvalue weighted by Crippen LogP contribution is 2.41. The molecular weight excluding hydrogens is 580 g/mol. The zero-order valence-electron chi connectivity index (χ0n) is 22.9. The van der Waals surface area contributed by atoms with E-state index in [0.717, 1.165) is 11.8 Å². The van der Waals surface area contributed by atoms with Gasteiger partial charge in [-0.05, 0) is 68.4 Å². The summed E-state index contributed by atoms with van der Waals surface area (Å²) in [6.45, 7) is 3.68. The van der Waals surface area contributed by atoms with Gasteiger partial charge < -0.3 is 29.8 Å². The van der Waals surface area contributed by atoms with Crippen LogP contribution >= 0.6 is 23.4 Å². The van der Waals surface area contributed by atoms with E-state index in [1.807, 2.05) is 0 Å². The fourth-order valence-corrected chi connectivity index (χ4v) is 5.34. The van der Waals surface area contributed by atoms with Gasteiger partial charge in [0.2, 0.25) is 5.91 Å². The summed E-state index contributed by atoms with van der Waals surface area (Å²) in [7, 11) is 1.49. The smallest absolute Gasteiger partial charge is 0.338 e. The van der Waals surface area contributed by atoms with Gasteiger partial charge in [0.05, 0.1) is 65.1 Å². The van der Waals surface area contributed by atoms with Crippen LogP contribution in [-0.4, -0.2) is 37.3 Å². The number of halogens is 1. The number of methoxy groups -OCH3 is 1. The highest BCUT2D eigenvalue weighted by Gasteiger charge is 2.36. The largest absolute Gasteiger partial charge is 0.495 e. The van der Waals surface area contributed by atoms with Crippen molar-refractivity contribution < 1.29 is 28.3 Å². The average Bonchev–Trinajstić information content (AvgIpc) is 3.51. The molecule has 1 aliphatic heterocycles. The van der Waals surface area contributed by atoms with Gasteiger partial charge in [-0.15, -0.1) is 0 Å². The van der Waals surface area contributed by atoms with Crippen molar-refractivity contribution in [3.8, 4) is 11.8 Å². The van der Waals surface area contributed by atoms with Crippen LogP contribution in [0, 0.1) is 11.3 Å². The van der Waals surface area contributed by atoms with E-state index in [1.165, 1.54) is 13.4 Å². The number of ether oxygens (including phenoxy) is 2. The Morgan fingerprint density at radius 1 is 1.14 bits per heavy atom. The number of allylic oxidation sites excluding steroid dienone is 2. The zero-order valence-corrected chi connectivity index (χ0v) is 24.5. The third-order valence-corrected chi connectivity index (χ3v) is 7.41. The first-order valence-corrected chi connectivity index (χ1v) is 14.1. The van der Waals surface area contributed by atoms with Gasteiger partial charge in [0.1, 0.15) is 11.5 Å². The maximum absolute atomic E-state index is 13.6. The standard InChI is InChI=1S/C30H27ClN4O6S/c1-4-40-30(38)18-7-10-20(11-8-18)34-28(37)26-17(2)33-29(21(15-32)27(26)24-6-5-13-41-24)42-16-25(36)35-22-14-19(31)9-12-23(22)39-3/h5-14,27,33H,4,16H2,1-3H3,(H,34,37)(H,35,36)/t27-/m1/s1. The summed E-state index contributed by atoms with van der Waals surface area (Å²) in [6.07, 6.45) is 1.46. The molecule has 0 saturated carbocycles. The molecule has 0 bridgehead atoms. The summed E-state index contributed by atoms with van der Waals surface area (Å²) in [4.78, 5) is 38.3. The fraction of sp³-hybridized carbons (Fsp3) is 0.200. The Bertz CT molecular complexity index is 1590. The molecular formula is C30H27ClN4O6S. The second-order valence-corrected chi connectivity index (χ2v) is 10.3. The van der Waals surface area contributed by atoms with Crippen molar-refractivity contribution in [3.05, 3.63) is 99.1 Å². The zero-order chi connectivity index (χ0) is 30.2. The monoisotopic (exact) mass is 606 g/mol. The lowest BCUT2D eigenvalue weighted by Gasteiger charge is -2.28. The minimum Gasteiger partial charge on any atom is -0.495 e. The number of amides is 2. The molecule has 0 fully saturated rings. The Morgan fingerprint density at radius 3 is 2.55 bits per heavy atom. The van der Waals surface area contributed by atoms with E-state index >= 15 is 0 Å². The SMILES string of the molecule is CCOC(=O)c1ccc(NC(=O)C2=C(C)NC(SCC(=O)Nc3cc(Cl)ccc3OC)=C(C#N)[C@@H]2c2ccco2)cc1. The van der Waals surface area contributed by atoms with Crippen LogP contribution in [0.2, 0.25) is 5.02 Å².